The fraction of sp³-hybridized carbons (Fsp3) is 0.385. The van der Waals surface area contributed by atoms with Crippen LogP contribution in [0.1, 0.15) is 30.6 Å². The Morgan fingerprint density at radius 3 is 2.33 bits per heavy atom. The molecular weight excluding hydrogens is 237 g/mol. The average Bonchev–Trinajstić information content (AvgIpc) is 2.27. The van der Waals surface area contributed by atoms with Gasteiger partial charge in [-0.1, -0.05) is 18.2 Å². The minimum atomic E-state index is -1.66. The van der Waals surface area contributed by atoms with Crippen molar-refractivity contribution < 1.29 is 19.1 Å². The average molecular weight is 253 g/mol. The van der Waals surface area contributed by atoms with E-state index in [2.05, 4.69) is 5.32 Å². The number of hydrogen-bond donors (Lipinski definition) is 2. The van der Waals surface area contributed by atoms with Gasteiger partial charge in [0.05, 0.1) is 0 Å². The van der Waals surface area contributed by atoms with Gasteiger partial charge < -0.3 is 10.4 Å². The van der Waals surface area contributed by atoms with Gasteiger partial charge in [0.15, 0.2) is 0 Å². The first-order valence-electron chi connectivity index (χ1n) is 5.57. The molecule has 2 N–H and O–H groups in total. The van der Waals surface area contributed by atoms with E-state index >= 15 is 0 Å². The van der Waals surface area contributed by atoms with E-state index in [1.807, 2.05) is 0 Å². The van der Waals surface area contributed by atoms with Crippen molar-refractivity contribution in [1.82, 2.24) is 5.32 Å². The maximum Gasteiger partial charge on any atom is 0.326 e. The van der Waals surface area contributed by atoms with Crippen molar-refractivity contribution in [3.63, 3.8) is 0 Å². The first-order chi connectivity index (χ1) is 8.29. The third-order valence-electron chi connectivity index (χ3n) is 2.33. The van der Waals surface area contributed by atoms with Crippen LogP contribution in [0.2, 0.25) is 0 Å². The van der Waals surface area contributed by atoms with Gasteiger partial charge in [-0.05, 0) is 26.0 Å². The van der Waals surface area contributed by atoms with Crippen molar-refractivity contribution >= 4 is 11.9 Å². The summed E-state index contributed by atoms with van der Waals surface area (Å²) in [5.74, 6) is -1.77. The monoisotopic (exact) mass is 253 g/mol. The van der Waals surface area contributed by atoms with Crippen LogP contribution in [0, 0.1) is 0 Å². The van der Waals surface area contributed by atoms with Gasteiger partial charge in [0, 0.05) is 12.0 Å². The number of aliphatic carboxylic acids is 1. The number of nitrogens with one attached hydrogen (secondary N) is 1. The second kappa shape index (κ2) is 5.62. The molecule has 0 spiro atoms. The van der Waals surface area contributed by atoms with Crippen LogP contribution < -0.4 is 5.32 Å². The second-order valence-electron chi connectivity index (χ2n) is 4.65. The number of carbonyl (C=O) groups is 2. The molecule has 0 radical (unpaired) electrons. The van der Waals surface area contributed by atoms with Gasteiger partial charge in [-0.25, -0.2) is 9.18 Å². The van der Waals surface area contributed by atoms with E-state index in [0.717, 1.165) is 0 Å². The van der Waals surface area contributed by atoms with Crippen LogP contribution in [0.15, 0.2) is 30.3 Å². The summed E-state index contributed by atoms with van der Waals surface area (Å²) in [7, 11) is 0. The molecule has 0 aliphatic rings. The van der Waals surface area contributed by atoms with E-state index in [0.29, 0.717) is 5.56 Å². The molecule has 0 saturated carbocycles. The predicted molar refractivity (Wildman–Crippen MR) is 65.1 cm³/mol. The summed E-state index contributed by atoms with van der Waals surface area (Å²) in [6, 6.07) is 6.98. The van der Waals surface area contributed by atoms with Crippen LogP contribution >= 0.6 is 0 Å². The first-order valence-corrected chi connectivity index (χ1v) is 5.57. The molecule has 1 aromatic rings. The molecule has 1 unspecified atom stereocenters. The lowest BCUT2D eigenvalue weighted by molar-refractivity contribution is -0.140. The predicted octanol–water partition coefficient (Wildman–Crippen LogP) is 2.01. The Morgan fingerprint density at radius 1 is 1.33 bits per heavy atom. The number of hydrogen-bond acceptors (Lipinski definition) is 2. The molecule has 5 heteroatoms. The van der Waals surface area contributed by atoms with Crippen molar-refractivity contribution in [2.45, 2.75) is 32.0 Å². The lowest BCUT2D eigenvalue weighted by Crippen LogP contribution is -2.44. The van der Waals surface area contributed by atoms with Crippen molar-refractivity contribution in [2.24, 2.45) is 0 Å². The summed E-state index contributed by atoms with van der Waals surface area (Å²) >= 11 is 0. The van der Waals surface area contributed by atoms with Crippen LogP contribution in [0.3, 0.4) is 0 Å². The van der Waals surface area contributed by atoms with Crippen LogP contribution in [-0.2, 0) is 4.79 Å². The Balaban J connectivity index is 2.73. The largest absolute Gasteiger partial charge is 0.480 e. The summed E-state index contributed by atoms with van der Waals surface area (Å²) in [4.78, 5) is 22.7. The van der Waals surface area contributed by atoms with E-state index in [-0.39, 0.29) is 6.42 Å². The highest BCUT2D eigenvalue weighted by Gasteiger charge is 2.28. The number of carboxylic acid groups (broad SMARTS) is 1. The highest BCUT2D eigenvalue weighted by atomic mass is 19.1. The molecule has 0 aliphatic heterocycles. The van der Waals surface area contributed by atoms with Crippen LogP contribution in [0.25, 0.3) is 0 Å². The van der Waals surface area contributed by atoms with Crippen molar-refractivity contribution in [3.05, 3.63) is 35.9 Å². The van der Waals surface area contributed by atoms with E-state index in [1.54, 1.807) is 30.3 Å². The van der Waals surface area contributed by atoms with Crippen LogP contribution in [0.5, 0.6) is 0 Å². The Labute approximate surface area is 105 Å². The number of rotatable bonds is 5. The zero-order valence-electron chi connectivity index (χ0n) is 10.3. The quantitative estimate of drug-likeness (QED) is 0.843. The third kappa shape index (κ3) is 4.53. The molecule has 0 aromatic heterocycles. The Hall–Kier alpha value is -1.91. The standard InChI is InChI=1S/C13H16FNO3/c1-13(2,14)8-10(12(17)18)15-11(16)9-6-4-3-5-7-9/h3-7,10H,8H2,1-2H3,(H,15,16)(H,17,18). The molecule has 1 amide bonds. The molecule has 0 heterocycles. The fourth-order valence-electron chi connectivity index (χ4n) is 1.52. The van der Waals surface area contributed by atoms with Crippen LogP contribution in [0.4, 0.5) is 4.39 Å². The molecule has 1 atom stereocenters. The van der Waals surface area contributed by atoms with Crippen LogP contribution in [-0.4, -0.2) is 28.7 Å². The number of amides is 1. The van der Waals surface area contributed by atoms with E-state index in [9.17, 15) is 14.0 Å². The Morgan fingerprint density at radius 2 is 1.89 bits per heavy atom. The highest BCUT2D eigenvalue weighted by molar-refractivity contribution is 5.96. The fourth-order valence-corrected chi connectivity index (χ4v) is 1.52. The van der Waals surface area contributed by atoms with Crippen molar-refractivity contribution in [3.8, 4) is 0 Å². The third-order valence-corrected chi connectivity index (χ3v) is 2.33. The van der Waals surface area contributed by atoms with Crippen molar-refractivity contribution in [1.29, 1.82) is 0 Å². The molecule has 0 fully saturated rings. The molecule has 0 bridgehead atoms. The molecule has 0 aliphatic carbocycles. The van der Waals surface area contributed by atoms with E-state index in [4.69, 9.17) is 5.11 Å². The Bertz CT molecular complexity index is 426. The molecule has 1 aromatic carbocycles. The van der Waals surface area contributed by atoms with Gasteiger partial charge in [-0.15, -0.1) is 0 Å². The van der Waals surface area contributed by atoms with Gasteiger partial charge in [-0.3, -0.25) is 4.79 Å². The van der Waals surface area contributed by atoms with E-state index in [1.165, 1.54) is 13.8 Å². The maximum atomic E-state index is 13.4. The summed E-state index contributed by atoms with van der Waals surface area (Å²) < 4.78 is 13.4. The zero-order chi connectivity index (χ0) is 13.8. The van der Waals surface area contributed by atoms with Gasteiger partial charge >= 0.3 is 5.97 Å². The maximum absolute atomic E-state index is 13.4. The SMILES string of the molecule is CC(C)(F)CC(NC(=O)c1ccccc1)C(=O)O. The van der Waals surface area contributed by atoms with Crippen molar-refractivity contribution in [2.75, 3.05) is 0 Å². The molecule has 98 valence electrons. The Kier molecular flexibility index (Phi) is 4.42. The summed E-state index contributed by atoms with van der Waals surface area (Å²) in [5, 5.41) is 11.3. The zero-order valence-corrected chi connectivity index (χ0v) is 10.3. The van der Waals surface area contributed by atoms with Gasteiger partial charge in [0.1, 0.15) is 11.7 Å². The minimum absolute atomic E-state index is 0.277. The number of alkyl halides is 1. The number of halogens is 1. The normalized spacial score (nSPS) is 12.8. The first kappa shape index (κ1) is 14.2. The molecule has 1 rings (SSSR count). The number of carbonyl (C=O) groups excluding carboxylic acids is 1. The molecular formula is C13H16FNO3. The van der Waals surface area contributed by atoms with E-state index < -0.39 is 23.6 Å². The minimum Gasteiger partial charge on any atom is -0.480 e. The lowest BCUT2D eigenvalue weighted by atomic mass is 10.0. The summed E-state index contributed by atoms with van der Waals surface area (Å²) in [5.41, 5.74) is -1.31. The topological polar surface area (TPSA) is 66.4 Å². The molecule has 18 heavy (non-hydrogen) atoms. The van der Waals surface area contributed by atoms with Gasteiger partial charge in [-0.2, -0.15) is 0 Å². The molecule has 4 nitrogen and oxygen atoms in total. The van der Waals surface area contributed by atoms with Gasteiger partial charge in [0.2, 0.25) is 0 Å². The summed E-state index contributed by atoms with van der Waals surface area (Å²) in [6.07, 6.45) is -0.277. The lowest BCUT2D eigenvalue weighted by Gasteiger charge is -2.20. The van der Waals surface area contributed by atoms with Gasteiger partial charge in [0.25, 0.3) is 5.91 Å². The highest BCUT2D eigenvalue weighted by Crippen LogP contribution is 2.16. The number of carboxylic acids is 1. The smallest absolute Gasteiger partial charge is 0.326 e. The second-order valence-corrected chi connectivity index (χ2v) is 4.65. The summed E-state index contributed by atoms with van der Waals surface area (Å²) in [6.45, 7) is 2.55. The molecule has 0 saturated heterocycles. The number of benzene rings is 1.